The third kappa shape index (κ3) is 1.41. The SMILES string of the molecule is CC1CC(O)(c2ccc3ncccc3c2)C1. The molecule has 1 aromatic heterocycles. The maximum absolute atomic E-state index is 10.4. The lowest BCUT2D eigenvalue weighted by Gasteiger charge is -2.42. The first-order valence-electron chi connectivity index (χ1n) is 5.75. The summed E-state index contributed by atoms with van der Waals surface area (Å²) in [7, 11) is 0. The Balaban J connectivity index is 2.06. The van der Waals surface area contributed by atoms with Crippen molar-refractivity contribution in [2.75, 3.05) is 0 Å². The van der Waals surface area contributed by atoms with Crippen LogP contribution in [0.15, 0.2) is 36.5 Å². The second kappa shape index (κ2) is 3.29. The molecule has 0 amide bonds. The van der Waals surface area contributed by atoms with Gasteiger partial charge in [0.2, 0.25) is 0 Å². The van der Waals surface area contributed by atoms with Crippen LogP contribution in [0.5, 0.6) is 0 Å². The van der Waals surface area contributed by atoms with Gasteiger partial charge in [-0.3, -0.25) is 4.98 Å². The summed E-state index contributed by atoms with van der Waals surface area (Å²) in [4.78, 5) is 4.28. The van der Waals surface area contributed by atoms with Gasteiger partial charge in [-0.25, -0.2) is 0 Å². The molecule has 0 unspecified atom stereocenters. The molecular weight excluding hydrogens is 198 g/mol. The number of rotatable bonds is 1. The first-order chi connectivity index (χ1) is 7.67. The summed E-state index contributed by atoms with van der Waals surface area (Å²) in [5, 5.41) is 11.5. The standard InChI is InChI=1S/C14H15NO/c1-10-8-14(16,9-10)12-4-5-13-11(7-12)3-2-6-15-13/h2-7,10,16H,8-9H2,1H3. The maximum atomic E-state index is 10.4. The number of aliphatic hydroxyl groups is 1. The van der Waals surface area contributed by atoms with Crippen LogP contribution in [0.25, 0.3) is 10.9 Å². The molecule has 1 aliphatic carbocycles. The van der Waals surface area contributed by atoms with E-state index in [9.17, 15) is 5.11 Å². The van der Waals surface area contributed by atoms with Gasteiger partial charge in [0.05, 0.1) is 11.1 Å². The van der Waals surface area contributed by atoms with Gasteiger partial charge in [0, 0.05) is 11.6 Å². The van der Waals surface area contributed by atoms with Crippen molar-refractivity contribution in [2.45, 2.75) is 25.4 Å². The predicted octanol–water partition coefficient (Wildman–Crippen LogP) is 2.85. The first-order valence-corrected chi connectivity index (χ1v) is 5.75. The Labute approximate surface area is 94.9 Å². The van der Waals surface area contributed by atoms with Crippen LogP contribution in [0.4, 0.5) is 0 Å². The Kier molecular flexibility index (Phi) is 2.01. The van der Waals surface area contributed by atoms with Gasteiger partial charge in [0.15, 0.2) is 0 Å². The summed E-state index contributed by atoms with van der Waals surface area (Å²) in [6.07, 6.45) is 3.54. The second-order valence-electron chi connectivity index (χ2n) is 4.96. The summed E-state index contributed by atoms with van der Waals surface area (Å²) in [6, 6.07) is 10.0. The molecule has 0 spiro atoms. The summed E-state index contributed by atoms with van der Waals surface area (Å²) in [5.74, 6) is 0.634. The highest BCUT2D eigenvalue weighted by atomic mass is 16.3. The quantitative estimate of drug-likeness (QED) is 0.790. The Morgan fingerprint density at radius 3 is 2.88 bits per heavy atom. The highest BCUT2D eigenvalue weighted by Crippen LogP contribution is 2.45. The molecule has 1 saturated carbocycles. The average molecular weight is 213 g/mol. The monoisotopic (exact) mass is 213 g/mol. The fourth-order valence-electron chi connectivity index (χ4n) is 2.69. The predicted molar refractivity (Wildman–Crippen MR) is 64.0 cm³/mol. The van der Waals surface area contributed by atoms with Gasteiger partial charge in [0.25, 0.3) is 0 Å². The molecule has 82 valence electrons. The molecular formula is C14H15NO. The van der Waals surface area contributed by atoms with Crippen LogP contribution in [0.3, 0.4) is 0 Å². The number of pyridine rings is 1. The van der Waals surface area contributed by atoms with E-state index in [0.717, 1.165) is 29.3 Å². The van der Waals surface area contributed by atoms with Crippen LogP contribution < -0.4 is 0 Å². The third-order valence-corrected chi connectivity index (χ3v) is 3.51. The molecule has 0 bridgehead atoms. The van der Waals surface area contributed by atoms with Gasteiger partial charge in [0.1, 0.15) is 0 Å². The minimum atomic E-state index is -0.594. The van der Waals surface area contributed by atoms with Crippen LogP contribution in [0.1, 0.15) is 25.3 Å². The molecule has 0 saturated heterocycles. The number of hydrogen-bond acceptors (Lipinski definition) is 2. The van der Waals surface area contributed by atoms with E-state index in [2.05, 4.69) is 18.0 Å². The summed E-state index contributed by atoms with van der Waals surface area (Å²) >= 11 is 0. The zero-order valence-electron chi connectivity index (χ0n) is 9.35. The van der Waals surface area contributed by atoms with E-state index in [0.29, 0.717) is 5.92 Å². The lowest BCUT2D eigenvalue weighted by Crippen LogP contribution is -2.39. The van der Waals surface area contributed by atoms with Crippen molar-refractivity contribution in [3.05, 3.63) is 42.1 Å². The molecule has 1 aliphatic rings. The molecule has 2 aromatic rings. The number of hydrogen-bond donors (Lipinski definition) is 1. The Morgan fingerprint density at radius 1 is 1.31 bits per heavy atom. The van der Waals surface area contributed by atoms with Crippen molar-refractivity contribution >= 4 is 10.9 Å². The van der Waals surface area contributed by atoms with E-state index in [-0.39, 0.29) is 0 Å². The number of nitrogens with zero attached hydrogens (tertiary/aromatic N) is 1. The minimum absolute atomic E-state index is 0.594. The zero-order chi connectivity index (χ0) is 11.2. The topological polar surface area (TPSA) is 33.1 Å². The fourth-order valence-corrected chi connectivity index (χ4v) is 2.69. The highest BCUT2D eigenvalue weighted by molar-refractivity contribution is 5.79. The largest absolute Gasteiger partial charge is 0.385 e. The van der Waals surface area contributed by atoms with Gasteiger partial charge in [-0.15, -0.1) is 0 Å². The van der Waals surface area contributed by atoms with Crippen molar-refractivity contribution in [1.29, 1.82) is 0 Å². The Hall–Kier alpha value is -1.41. The molecule has 0 radical (unpaired) electrons. The Morgan fingerprint density at radius 2 is 2.12 bits per heavy atom. The van der Waals surface area contributed by atoms with Crippen LogP contribution in [-0.2, 0) is 5.60 Å². The van der Waals surface area contributed by atoms with Gasteiger partial charge in [-0.05, 0) is 42.5 Å². The van der Waals surface area contributed by atoms with Crippen molar-refractivity contribution < 1.29 is 5.11 Å². The zero-order valence-corrected chi connectivity index (χ0v) is 9.35. The smallest absolute Gasteiger partial charge is 0.0901 e. The van der Waals surface area contributed by atoms with Crippen molar-refractivity contribution in [3.63, 3.8) is 0 Å². The van der Waals surface area contributed by atoms with Crippen molar-refractivity contribution in [1.82, 2.24) is 4.98 Å². The van der Waals surface area contributed by atoms with E-state index in [1.807, 2.05) is 24.3 Å². The van der Waals surface area contributed by atoms with Crippen LogP contribution in [-0.4, -0.2) is 10.1 Å². The molecule has 1 fully saturated rings. The lowest BCUT2D eigenvalue weighted by atomic mass is 9.68. The summed E-state index contributed by atoms with van der Waals surface area (Å²) < 4.78 is 0. The first kappa shape index (κ1) is 9.79. The summed E-state index contributed by atoms with van der Waals surface area (Å²) in [6.45, 7) is 2.18. The average Bonchev–Trinajstić information content (AvgIpc) is 2.26. The molecule has 0 aliphatic heterocycles. The van der Waals surface area contributed by atoms with E-state index in [1.54, 1.807) is 6.20 Å². The normalized spacial score (nSPS) is 29.0. The van der Waals surface area contributed by atoms with E-state index in [1.165, 1.54) is 0 Å². The Bertz CT molecular complexity index is 529. The maximum Gasteiger partial charge on any atom is 0.0901 e. The number of benzene rings is 1. The molecule has 1 heterocycles. The lowest BCUT2D eigenvalue weighted by molar-refractivity contribution is -0.0737. The van der Waals surface area contributed by atoms with Crippen molar-refractivity contribution in [2.24, 2.45) is 5.92 Å². The number of fused-ring (bicyclic) bond motifs is 1. The molecule has 2 nitrogen and oxygen atoms in total. The fraction of sp³-hybridized carbons (Fsp3) is 0.357. The third-order valence-electron chi connectivity index (χ3n) is 3.51. The second-order valence-corrected chi connectivity index (χ2v) is 4.96. The van der Waals surface area contributed by atoms with Gasteiger partial charge in [-0.2, -0.15) is 0 Å². The van der Waals surface area contributed by atoms with Crippen LogP contribution in [0.2, 0.25) is 0 Å². The van der Waals surface area contributed by atoms with E-state index < -0.39 is 5.60 Å². The van der Waals surface area contributed by atoms with E-state index in [4.69, 9.17) is 0 Å². The van der Waals surface area contributed by atoms with E-state index >= 15 is 0 Å². The van der Waals surface area contributed by atoms with Gasteiger partial charge >= 0.3 is 0 Å². The molecule has 1 N–H and O–H groups in total. The van der Waals surface area contributed by atoms with Crippen LogP contribution in [0, 0.1) is 5.92 Å². The molecule has 16 heavy (non-hydrogen) atoms. The van der Waals surface area contributed by atoms with Crippen LogP contribution >= 0.6 is 0 Å². The molecule has 1 aromatic carbocycles. The minimum Gasteiger partial charge on any atom is -0.385 e. The highest BCUT2D eigenvalue weighted by Gasteiger charge is 2.41. The van der Waals surface area contributed by atoms with Crippen molar-refractivity contribution in [3.8, 4) is 0 Å². The summed E-state index contributed by atoms with van der Waals surface area (Å²) in [5.41, 5.74) is 1.43. The van der Waals surface area contributed by atoms with Gasteiger partial charge < -0.3 is 5.11 Å². The number of aromatic nitrogens is 1. The van der Waals surface area contributed by atoms with Gasteiger partial charge in [-0.1, -0.05) is 19.1 Å². The molecule has 3 rings (SSSR count). The molecule has 2 heteroatoms. The molecule has 0 atom stereocenters.